The van der Waals surface area contributed by atoms with E-state index in [1.54, 1.807) is 0 Å². The molecule has 0 bridgehead atoms. The maximum Gasteiger partial charge on any atom is 0.238 e. The van der Waals surface area contributed by atoms with Crippen LogP contribution in [-0.2, 0) is 16.0 Å². The molecule has 4 rings (SSSR count). The summed E-state index contributed by atoms with van der Waals surface area (Å²) in [6.07, 6.45) is 0.826. The number of nitrogens with one attached hydrogen (secondary N) is 3. The molecule has 6 nitrogen and oxygen atoms in total. The molecule has 0 aliphatic carbocycles. The van der Waals surface area contributed by atoms with Crippen LogP contribution in [0, 0.1) is 0 Å². The van der Waals surface area contributed by atoms with E-state index in [0.29, 0.717) is 0 Å². The Balaban J connectivity index is 1.43. The zero-order valence-corrected chi connectivity index (χ0v) is 16.1. The van der Waals surface area contributed by atoms with Gasteiger partial charge in [-0.1, -0.05) is 36.4 Å². The summed E-state index contributed by atoms with van der Waals surface area (Å²) in [7, 11) is 0. The highest BCUT2D eigenvalue weighted by Crippen LogP contribution is 2.31. The van der Waals surface area contributed by atoms with Gasteiger partial charge in [0.05, 0.1) is 18.5 Å². The number of hydrogen-bond donors (Lipinski definition) is 3. The van der Waals surface area contributed by atoms with Crippen LogP contribution in [0.4, 0.5) is 0 Å². The molecule has 2 aliphatic heterocycles. The molecule has 2 amide bonds. The number of fused-ring (bicyclic) bond motifs is 1. The van der Waals surface area contributed by atoms with Gasteiger partial charge >= 0.3 is 0 Å². The zero-order valence-electron chi connectivity index (χ0n) is 16.1. The second-order valence-corrected chi connectivity index (χ2v) is 7.56. The lowest BCUT2D eigenvalue weighted by Gasteiger charge is -2.32. The predicted molar refractivity (Wildman–Crippen MR) is 106 cm³/mol. The smallest absolute Gasteiger partial charge is 0.238 e. The van der Waals surface area contributed by atoms with Crippen LogP contribution in [0.1, 0.15) is 49.2 Å². The van der Waals surface area contributed by atoms with Crippen molar-refractivity contribution in [2.24, 2.45) is 0 Å². The maximum absolute atomic E-state index is 12.8. The van der Waals surface area contributed by atoms with Gasteiger partial charge in [0.1, 0.15) is 18.0 Å². The first-order valence-electron chi connectivity index (χ1n) is 9.70. The second kappa shape index (κ2) is 7.64. The lowest BCUT2D eigenvalue weighted by Crippen LogP contribution is -2.56. The van der Waals surface area contributed by atoms with Gasteiger partial charge in [0.25, 0.3) is 0 Å². The fourth-order valence-electron chi connectivity index (χ4n) is 3.81. The van der Waals surface area contributed by atoms with Crippen LogP contribution < -0.4 is 20.7 Å². The van der Waals surface area contributed by atoms with Crippen molar-refractivity contribution < 1.29 is 14.3 Å². The summed E-state index contributed by atoms with van der Waals surface area (Å²) in [6, 6.07) is 14.9. The van der Waals surface area contributed by atoms with E-state index in [9.17, 15) is 9.59 Å². The van der Waals surface area contributed by atoms with Crippen molar-refractivity contribution in [3.8, 4) is 5.75 Å². The minimum Gasteiger partial charge on any atom is -0.490 e. The van der Waals surface area contributed by atoms with Crippen LogP contribution in [0.15, 0.2) is 48.5 Å². The molecule has 2 aromatic rings. The predicted octanol–water partition coefficient (Wildman–Crippen LogP) is 2.36. The molecule has 0 aromatic heterocycles. The molecule has 28 heavy (non-hydrogen) atoms. The minimum absolute atomic E-state index is 0.122. The highest BCUT2D eigenvalue weighted by atomic mass is 16.5. The van der Waals surface area contributed by atoms with Gasteiger partial charge in [-0.3, -0.25) is 14.9 Å². The van der Waals surface area contributed by atoms with Crippen LogP contribution in [0.5, 0.6) is 5.75 Å². The standard InChI is InChI=1S/C22H25N3O3/c1-13-10-17-11-16(8-9-19(17)28-13)14(2)23-22(27)18-12-20(26)25-21(24-18)15-6-4-3-5-7-15/h3-9,11,13-14,18,21,24H,10,12H2,1-2H3,(H,23,27)(H,25,26). The Bertz CT molecular complexity index is 884. The van der Waals surface area contributed by atoms with Crippen LogP contribution in [0.2, 0.25) is 0 Å². The van der Waals surface area contributed by atoms with Gasteiger partial charge in [-0.15, -0.1) is 0 Å². The molecule has 0 spiro atoms. The number of rotatable bonds is 4. The molecule has 2 aliphatic rings. The number of benzene rings is 2. The van der Waals surface area contributed by atoms with Gasteiger partial charge in [-0.05, 0) is 42.7 Å². The normalized spacial score (nSPS) is 24.6. The summed E-state index contributed by atoms with van der Waals surface area (Å²) in [6.45, 7) is 4.00. The summed E-state index contributed by atoms with van der Waals surface area (Å²) in [4.78, 5) is 24.9. The van der Waals surface area contributed by atoms with Crippen molar-refractivity contribution in [3.63, 3.8) is 0 Å². The first kappa shape index (κ1) is 18.5. The molecular weight excluding hydrogens is 354 g/mol. The molecular formula is C22H25N3O3. The zero-order chi connectivity index (χ0) is 19.7. The molecule has 1 fully saturated rings. The monoisotopic (exact) mass is 379 g/mol. The van der Waals surface area contributed by atoms with E-state index in [-0.39, 0.29) is 36.5 Å². The van der Waals surface area contributed by atoms with Gasteiger partial charge in [-0.2, -0.15) is 0 Å². The Morgan fingerprint density at radius 1 is 1.18 bits per heavy atom. The first-order chi connectivity index (χ1) is 13.5. The third-order valence-corrected chi connectivity index (χ3v) is 5.29. The molecule has 4 unspecified atom stereocenters. The Morgan fingerprint density at radius 2 is 1.96 bits per heavy atom. The molecule has 2 heterocycles. The largest absolute Gasteiger partial charge is 0.490 e. The molecule has 0 saturated carbocycles. The van der Waals surface area contributed by atoms with Gasteiger partial charge < -0.3 is 15.4 Å². The summed E-state index contributed by atoms with van der Waals surface area (Å²) in [5.74, 6) is 0.614. The second-order valence-electron chi connectivity index (χ2n) is 7.56. The fourth-order valence-corrected chi connectivity index (χ4v) is 3.81. The molecule has 1 saturated heterocycles. The average Bonchev–Trinajstić information content (AvgIpc) is 3.07. The Labute approximate surface area is 164 Å². The number of amides is 2. The summed E-state index contributed by atoms with van der Waals surface area (Å²) in [5, 5.41) is 9.17. The topological polar surface area (TPSA) is 79.5 Å². The Morgan fingerprint density at radius 3 is 2.75 bits per heavy atom. The quantitative estimate of drug-likeness (QED) is 0.762. The van der Waals surface area contributed by atoms with E-state index < -0.39 is 6.04 Å². The molecule has 0 radical (unpaired) electrons. The molecule has 2 aromatic carbocycles. The molecule has 4 atom stereocenters. The van der Waals surface area contributed by atoms with Crippen molar-refractivity contribution in [3.05, 3.63) is 65.2 Å². The lowest BCUT2D eigenvalue weighted by atomic mass is 10.0. The number of hydrogen-bond acceptors (Lipinski definition) is 4. The molecule has 3 N–H and O–H groups in total. The van der Waals surface area contributed by atoms with Crippen molar-refractivity contribution in [1.82, 2.24) is 16.0 Å². The number of carbonyl (C=O) groups excluding carboxylic acids is 2. The van der Waals surface area contributed by atoms with Crippen LogP contribution >= 0.6 is 0 Å². The average molecular weight is 379 g/mol. The van der Waals surface area contributed by atoms with Crippen molar-refractivity contribution in [2.45, 2.75) is 51.0 Å². The van der Waals surface area contributed by atoms with Gasteiger partial charge in [0.2, 0.25) is 11.8 Å². The summed E-state index contributed by atoms with van der Waals surface area (Å²) >= 11 is 0. The van der Waals surface area contributed by atoms with Crippen molar-refractivity contribution >= 4 is 11.8 Å². The first-order valence-corrected chi connectivity index (χ1v) is 9.70. The molecule has 6 heteroatoms. The summed E-state index contributed by atoms with van der Waals surface area (Å²) < 4.78 is 5.74. The Hall–Kier alpha value is -2.86. The van der Waals surface area contributed by atoms with Gasteiger partial charge in [0.15, 0.2) is 0 Å². The highest BCUT2D eigenvalue weighted by Gasteiger charge is 2.32. The van der Waals surface area contributed by atoms with Gasteiger partial charge in [-0.25, -0.2) is 0 Å². The highest BCUT2D eigenvalue weighted by molar-refractivity contribution is 5.89. The van der Waals surface area contributed by atoms with E-state index in [1.165, 1.54) is 5.56 Å². The lowest BCUT2D eigenvalue weighted by molar-refractivity contribution is -0.132. The van der Waals surface area contributed by atoms with E-state index in [2.05, 4.69) is 22.0 Å². The van der Waals surface area contributed by atoms with Crippen molar-refractivity contribution in [2.75, 3.05) is 0 Å². The fraction of sp³-hybridized carbons (Fsp3) is 0.364. The van der Waals surface area contributed by atoms with E-state index in [1.807, 2.05) is 56.3 Å². The van der Waals surface area contributed by atoms with E-state index in [4.69, 9.17) is 4.74 Å². The van der Waals surface area contributed by atoms with Gasteiger partial charge in [0, 0.05) is 6.42 Å². The number of ether oxygens (including phenoxy) is 1. The maximum atomic E-state index is 12.8. The Kier molecular flexibility index (Phi) is 5.05. The minimum atomic E-state index is -0.570. The third-order valence-electron chi connectivity index (χ3n) is 5.29. The van der Waals surface area contributed by atoms with E-state index >= 15 is 0 Å². The summed E-state index contributed by atoms with van der Waals surface area (Å²) in [5.41, 5.74) is 3.13. The number of carbonyl (C=O) groups is 2. The third kappa shape index (κ3) is 3.87. The van der Waals surface area contributed by atoms with Crippen molar-refractivity contribution in [1.29, 1.82) is 0 Å². The van der Waals surface area contributed by atoms with E-state index in [0.717, 1.165) is 23.3 Å². The van der Waals surface area contributed by atoms with Crippen LogP contribution in [0.3, 0.4) is 0 Å². The molecule has 146 valence electrons. The SMILES string of the molecule is CC1Cc2cc(C(C)NC(=O)C3CC(=O)NC(c4ccccc4)N3)ccc2O1. The van der Waals surface area contributed by atoms with Crippen LogP contribution in [-0.4, -0.2) is 24.0 Å². The van der Waals surface area contributed by atoms with Crippen LogP contribution in [0.25, 0.3) is 0 Å².